The van der Waals surface area contributed by atoms with Crippen molar-refractivity contribution in [3.8, 4) is 0 Å². The molecular weight excluding hydrogens is 380 g/mol. The van der Waals surface area contributed by atoms with Gasteiger partial charge >= 0.3 is 6.03 Å². The van der Waals surface area contributed by atoms with Crippen molar-refractivity contribution in [1.82, 2.24) is 10.6 Å². The number of hydrogen-bond acceptors (Lipinski definition) is 7. The number of benzene rings is 1. The van der Waals surface area contributed by atoms with Crippen LogP contribution < -0.4 is 33.8 Å². The standard InChI is InChI=1S/C16H12N4O2.ClHO4/c21-15-12-8-11(9-17-14(12)18-16(22)19-15)20-7-3-5-10-4-1-2-6-13(10)20;2-1(3,4)5/h1-9,12,14H,(H-,18,19,21,22);(H,2,3,4,5). The molecule has 3 amide bonds. The molecule has 0 radical (unpaired) electrons. The largest absolute Gasteiger partial charge is 0.323 e. The van der Waals surface area contributed by atoms with Crippen molar-refractivity contribution < 1.29 is 43.0 Å². The number of allylic oxidation sites excluding steroid dienone is 1. The van der Waals surface area contributed by atoms with Gasteiger partial charge < -0.3 is 5.32 Å². The molecule has 0 aliphatic carbocycles. The molecule has 4 rings (SSSR count). The van der Waals surface area contributed by atoms with Crippen LogP contribution in [0.5, 0.6) is 0 Å². The normalized spacial score (nSPS) is 21.4. The molecule has 2 unspecified atom stereocenters. The minimum Gasteiger partial charge on any atom is -0.315 e. The van der Waals surface area contributed by atoms with Crippen LogP contribution in [0.4, 0.5) is 4.79 Å². The van der Waals surface area contributed by atoms with Gasteiger partial charge in [0.15, 0.2) is 6.20 Å². The number of aromatic nitrogens is 1. The Balaban J connectivity index is 0.000000376. The first kappa shape index (κ1) is 18.9. The first-order chi connectivity index (χ1) is 12.7. The molecule has 27 heavy (non-hydrogen) atoms. The average Bonchev–Trinajstić information content (AvgIpc) is 2.59. The fraction of sp³-hybridized carbons (Fsp3) is 0.125. The molecule has 11 heteroatoms. The lowest BCUT2D eigenvalue weighted by molar-refractivity contribution is -2.00. The van der Waals surface area contributed by atoms with Crippen LogP contribution in [-0.4, -0.2) is 24.3 Å². The molecule has 1 fully saturated rings. The van der Waals surface area contributed by atoms with Crippen molar-refractivity contribution >= 4 is 34.8 Å². The van der Waals surface area contributed by atoms with Gasteiger partial charge in [0.1, 0.15) is 12.1 Å². The van der Waals surface area contributed by atoms with Crippen LogP contribution in [0.25, 0.3) is 16.6 Å². The monoisotopic (exact) mass is 392 g/mol. The smallest absolute Gasteiger partial charge is 0.315 e. The Hall–Kier alpha value is -2.89. The van der Waals surface area contributed by atoms with Crippen molar-refractivity contribution in [3.63, 3.8) is 0 Å². The molecule has 2 aromatic rings. The Morgan fingerprint density at radius 2 is 1.70 bits per heavy atom. The molecule has 0 spiro atoms. The number of pyridine rings is 1. The number of nitrogens with zero attached hydrogens (tertiary/aromatic N) is 2. The summed E-state index contributed by atoms with van der Waals surface area (Å²) in [6.45, 7) is 0. The molecule has 140 valence electrons. The summed E-state index contributed by atoms with van der Waals surface area (Å²) >= 11 is 0. The van der Waals surface area contributed by atoms with Gasteiger partial charge in [-0.15, -0.1) is 10.2 Å². The van der Waals surface area contributed by atoms with Crippen LogP contribution in [0, 0.1) is 16.2 Å². The number of para-hydroxylation sites is 1. The molecular formula is C16H13ClN4O6. The van der Waals surface area contributed by atoms with Crippen molar-refractivity contribution in [2.45, 2.75) is 6.17 Å². The van der Waals surface area contributed by atoms with Gasteiger partial charge in [-0.3, -0.25) is 15.1 Å². The lowest BCUT2D eigenvalue weighted by Crippen LogP contribution is -2.68. The molecule has 2 atom stereocenters. The number of amides is 3. The third-order valence-corrected chi connectivity index (χ3v) is 3.86. The fourth-order valence-electron chi connectivity index (χ4n) is 2.81. The Kier molecular flexibility index (Phi) is 5.17. The number of rotatable bonds is 1. The Morgan fingerprint density at radius 1 is 1.04 bits per heavy atom. The highest BCUT2D eigenvalue weighted by atomic mass is 35.7. The Bertz CT molecular complexity index is 944. The van der Waals surface area contributed by atoms with E-state index in [0.29, 0.717) is 0 Å². The lowest BCUT2D eigenvalue weighted by atomic mass is 9.99. The number of hydrogen-bond donors (Lipinski definition) is 2. The summed E-state index contributed by atoms with van der Waals surface area (Å²) in [5, 5.41) is 6.01. The summed E-state index contributed by atoms with van der Waals surface area (Å²) in [6, 6.07) is 11.5. The van der Waals surface area contributed by atoms with E-state index in [2.05, 4.69) is 15.6 Å². The van der Waals surface area contributed by atoms with E-state index in [0.717, 1.165) is 16.6 Å². The maximum atomic E-state index is 12.0. The van der Waals surface area contributed by atoms with Gasteiger partial charge in [-0.05, 0) is 12.1 Å². The summed E-state index contributed by atoms with van der Waals surface area (Å²) in [7, 11) is -4.94. The Labute approximate surface area is 154 Å². The average molecular weight is 393 g/mol. The molecule has 1 aromatic carbocycles. The molecule has 3 heterocycles. The zero-order chi connectivity index (χ0) is 19.6. The number of urea groups is 1. The van der Waals surface area contributed by atoms with Crippen LogP contribution in [0.2, 0.25) is 0 Å². The Morgan fingerprint density at radius 3 is 2.44 bits per heavy atom. The minimum absolute atomic E-state index is 0.330. The van der Waals surface area contributed by atoms with Crippen molar-refractivity contribution in [3.05, 3.63) is 48.7 Å². The summed E-state index contributed by atoms with van der Waals surface area (Å²) in [5.41, 5.74) is 1.84. The predicted molar refractivity (Wildman–Crippen MR) is 80.9 cm³/mol. The van der Waals surface area contributed by atoms with Gasteiger partial charge in [-0.2, -0.15) is 4.57 Å². The van der Waals surface area contributed by atoms with Crippen molar-refractivity contribution in [2.24, 2.45) is 10.9 Å². The molecule has 10 nitrogen and oxygen atoms in total. The van der Waals surface area contributed by atoms with Crippen molar-refractivity contribution in [1.29, 1.82) is 0 Å². The number of nitrogens with one attached hydrogen (secondary N) is 2. The second-order valence-corrected chi connectivity index (χ2v) is 6.37. The van der Waals surface area contributed by atoms with Crippen molar-refractivity contribution in [2.75, 3.05) is 0 Å². The second kappa shape index (κ2) is 7.39. The van der Waals surface area contributed by atoms with E-state index < -0.39 is 28.4 Å². The molecule has 0 saturated carbocycles. The third-order valence-electron chi connectivity index (χ3n) is 3.86. The van der Waals surface area contributed by atoms with Gasteiger partial charge in [0, 0.05) is 23.6 Å². The van der Waals surface area contributed by atoms with E-state index in [1.54, 1.807) is 6.21 Å². The summed E-state index contributed by atoms with van der Waals surface area (Å²) < 4.78 is 36.0. The number of dihydropyridines is 1. The highest BCUT2D eigenvalue weighted by molar-refractivity contribution is 6.05. The number of carbonyl (C=O) groups excluding carboxylic acids is 2. The van der Waals surface area contributed by atoms with Gasteiger partial charge in [-0.25, -0.2) is 23.4 Å². The van der Waals surface area contributed by atoms with E-state index in [1.165, 1.54) is 0 Å². The first-order valence-electron chi connectivity index (χ1n) is 7.60. The van der Waals surface area contributed by atoms with Crippen LogP contribution in [-0.2, 0) is 4.79 Å². The fourth-order valence-corrected chi connectivity index (χ4v) is 2.81. The van der Waals surface area contributed by atoms with Gasteiger partial charge in [0.05, 0.1) is 6.21 Å². The SMILES string of the molecule is O=C1NC(=O)C2C=C([n+]3cccc4ccccc43)C=NC2N1.[O-][Cl+3]([O-])([O-])[O-]. The first-order valence-corrected chi connectivity index (χ1v) is 8.84. The maximum absolute atomic E-state index is 12.0. The van der Waals surface area contributed by atoms with E-state index in [9.17, 15) is 9.59 Å². The van der Waals surface area contributed by atoms with Crippen LogP contribution >= 0.6 is 0 Å². The molecule has 2 aliphatic heterocycles. The van der Waals surface area contributed by atoms with Gasteiger partial charge in [-0.1, -0.05) is 12.1 Å². The second-order valence-electron chi connectivity index (χ2n) is 5.62. The highest BCUT2D eigenvalue weighted by Gasteiger charge is 2.37. The quantitative estimate of drug-likeness (QED) is 0.470. The molecule has 1 saturated heterocycles. The number of imide groups is 1. The van der Waals surface area contributed by atoms with Gasteiger partial charge in [0.2, 0.25) is 17.1 Å². The van der Waals surface area contributed by atoms with E-state index in [-0.39, 0.29) is 5.91 Å². The number of halogens is 1. The van der Waals surface area contributed by atoms with Crippen LogP contribution in [0.3, 0.4) is 0 Å². The summed E-state index contributed by atoms with van der Waals surface area (Å²) in [5.74, 6) is -0.826. The zero-order valence-electron chi connectivity index (χ0n) is 13.6. The maximum Gasteiger partial charge on any atom is 0.323 e. The topological polar surface area (TPSA) is 167 Å². The van der Waals surface area contributed by atoms with Gasteiger partial charge in [0.25, 0.3) is 0 Å². The van der Waals surface area contributed by atoms with Crippen LogP contribution in [0.1, 0.15) is 0 Å². The lowest BCUT2D eigenvalue weighted by Gasteiger charge is -2.28. The number of aliphatic imine (C=N–C) groups is 1. The van der Waals surface area contributed by atoms with E-state index in [1.807, 2.05) is 53.2 Å². The van der Waals surface area contributed by atoms with Crippen LogP contribution in [0.15, 0.2) is 53.7 Å². The molecule has 2 aliphatic rings. The molecule has 1 aromatic heterocycles. The number of carbonyl (C=O) groups is 2. The summed E-state index contributed by atoms with van der Waals surface area (Å²) in [6.07, 6.45) is 4.92. The third kappa shape index (κ3) is 4.64. The zero-order valence-corrected chi connectivity index (χ0v) is 14.3. The minimum atomic E-state index is -4.94. The highest BCUT2D eigenvalue weighted by Crippen LogP contribution is 2.19. The number of fused-ring (bicyclic) bond motifs is 2. The van der Waals surface area contributed by atoms with E-state index >= 15 is 0 Å². The molecule has 0 bridgehead atoms. The summed E-state index contributed by atoms with van der Waals surface area (Å²) in [4.78, 5) is 27.6. The predicted octanol–water partition coefficient (Wildman–Crippen LogP) is -3.92. The molecule has 2 N–H and O–H groups in total. The van der Waals surface area contributed by atoms with E-state index in [4.69, 9.17) is 18.6 Å².